The normalized spacial score (nSPS) is 16.2. The Morgan fingerprint density at radius 1 is 1.12 bits per heavy atom. The van der Waals surface area contributed by atoms with E-state index in [9.17, 15) is 21.6 Å². The van der Waals surface area contributed by atoms with Gasteiger partial charge in [-0.1, -0.05) is 23.5 Å². The van der Waals surface area contributed by atoms with Crippen LogP contribution in [-0.4, -0.2) is 46.6 Å². The number of anilines is 2. The molecule has 3 rings (SSSR count). The third kappa shape index (κ3) is 3.79. The number of sulfonamides is 1. The minimum Gasteiger partial charge on any atom is -0.367 e. The fourth-order valence-electron chi connectivity index (χ4n) is 2.74. The van der Waals surface area contributed by atoms with Crippen LogP contribution >= 0.6 is 11.3 Å². The number of benzene rings is 1. The number of piperazine rings is 1. The monoisotopic (exact) mass is 406 g/mol. The maximum Gasteiger partial charge on any atom is 0.427 e. The van der Waals surface area contributed by atoms with Gasteiger partial charge in [0.25, 0.3) is 0 Å². The van der Waals surface area contributed by atoms with Crippen molar-refractivity contribution in [2.75, 3.05) is 43.0 Å². The predicted molar refractivity (Wildman–Crippen MR) is 94.2 cm³/mol. The quantitative estimate of drug-likeness (QED) is 0.845. The summed E-state index contributed by atoms with van der Waals surface area (Å²) in [7, 11) is -2.25. The number of nitrogens with one attached hydrogen (secondary N) is 1. The van der Waals surface area contributed by atoms with Gasteiger partial charge in [-0.25, -0.2) is 18.1 Å². The molecule has 0 radical (unpaired) electrons. The summed E-state index contributed by atoms with van der Waals surface area (Å²) in [5.41, 5.74) is 0.580. The molecule has 26 heavy (non-hydrogen) atoms. The topological polar surface area (TPSA) is 65.5 Å². The summed E-state index contributed by atoms with van der Waals surface area (Å²) in [6.45, 7) is 1.88. The zero-order valence-corrected chi connectivity index (χ0v) is 15.5. The van der Waals surface area contributed by atoms with Gasteiger partial charge in [0.05, 0.1) is 11.9 Å². The number of rotatable bonds is 4. The predicted octanol–water partition coefficient (Wildman–Crippen LogP) is 2.40. The van der Waals surface area contributed by atoms with Crippen LogP contribution in [0.2, 0.25) is 0 Å². The van der Waals surface area contributed by atoms with E-state index in [0.717, 1.165) is 6.20 Å². The van der Waals surface area contributed by atoms with E-state index in [2.05, 4.69) is 9.71 Å². The number of aromatic nitrogens is 1. The third-order valence-electron chi connectivity index (χ3n) is 4.09. The Morgan fingerprint density at radius 2 is 1.73 bits per heavy atom. The SMILES string of the molecule is CNS(=O)(=O)c1ccccc1N1CCN(c2ncc(C(F)(F)F)s2)CC1. The molecule has 1 fully saturated rings. The molecule has 0 atom stereocenters. The highest BCUT2D eigenvalue weighted by Crippen LogP contribution is 2.36. The van der Waals surface area contributed by atoms with E-state index in [1.165, 1.54) is 13.1 Å². The molecule has 2 heterocycles. The molecule has 2 aromatic rings. The fraction of sp³-hybridized carbons (Fsp3) is 0.400. The van der Waals surface area contributed by atoms with Gasteiger partial charge in [0.2, 0.25) is 10.0 Å². The Hall–Kier alpha value is -1.85. The first-order valence-electron chi connectivity index (χ1n) is 7.78. The van der Waals surface area contributed by atoms with Crippen LogP contribution in [-0.2, 0) is 16.2 Å². The lowest BCUT2D eigenvalue weighted by atomic mass is 10.2. The highest BCUT2D eigenvalue weighted by atomic mass is 32.2. The number of para-hydroxylation sites is 1. The van der Waals surface area contributed by atoms with Gasteiger partial charge in [-0.05, 0) is 19.2 Å². The molecule has 1 aliphatic rings. The van der Waals surface area contributed by atoms with Crippen LogP contribution < -0.4 is 14.5 Å². The van der Waals surface area contributed by atoms with E-state index in [0.29, 0.717) is 48.3 Å². The van der Waals surface area contributed by atoms with Gasteiger partial charge < -0.3 is 9.80 Å². The molecule has 1 aromatic carbocycles. The molecule has 142 valence electrons. The van der Waals surface area contributed by atoms with Crippen LogP contribution in [0, 0.1) is 0 Å². The summed E-state index contributed by atoms with van der Waals surface area (Å²) >= 11 is 0.620. The number of hydrogen-bond acceptors (Lipinski definition) is 6. The highest BCUT2D eigenvalue weighted by Gasteiger charge is 2.34. The zero-order valence-electron chi connectivity index (χ0n) is 13.8. The summed E-state index contributed by atoms with van der Waals surface area (Å²) in [5.74, 6) is 0. The van der Waals surface area contributed by atoms with Gasteiger partial charge in [0.1, 0.15) is 9.77 Å². The fourth-order valence-corrected chi connectivity index (χ4v) is 4.52. The second-order valence-corrected chi connectivity index (χ2v) is 8.52. The molecule has 1 N–H and O–H groups in total. The Labute approximate surface area is 153 Å². The first kappa shape index (κ1) is 18.9. The molecule has 0 amide bonds. The first-order valence-corrected chi connectivity index (χ1v) is 10.1. The number of thiazole rings is 1. The van der Waals surface area contributed by atoms with Crippen molar-refractivity contribution in [2.45, 2.75) is 11.1 Å². The van der Waals surface area contributed by atoms with Crippen LogP contribution in [0.25, 0.3) is 0 Å². The molecule has 0 saturated carbocycles. The van der Waals surface area contributed by atoms with Gasteiger partial charge in [0.15, 0.2) is 5.13 Å². The number of hydrogen-bond donors (Lipinski definition) is 1. The molecule has 0 unspecified atom stereocenters. The Balaban J connectivity index is 1.75. The first-order chi connectivity index (χ1) is 12.2. The maximum absolute atomic E-state index is 12.7. The molecule has 0 spiro atoms. The zero-order chi connectivity index (χ0) is 18.9. The number of nitrogens with zero attached hydrogens (tertiary/aromatic N) is 3. The minimum absolute atomic E-state index is 0.185. The van der Waals surface area contributed by atoms with Crippen molar-refractivity contribution in [2.24, 2.45) is 0 Å². The Morgan fingerprint density at radius 3 is 2.31 bits per heavy atom. The van der Waals surface area contributed by atoms with Crippen LogP contribution in [0.15, 0.2) is 35.4 Å². The maximum atomic E-state index is 12.7. The molecule has 1 aliphatic heterocycles. The largest absolute Gasteiger partial charge is 0.427 e. The minimum atomic E-state index is -4.39. The molecule has 1 aromatic heterocycles. The van der Waals surface area contributed by atoms with E-state index in [4.69, 9.17) is 0 Å². The number of halogens is 3. The van der Waals surface area contributed by atoms with Crippen molar-refractivity contribution in [3.63, 3.8) is 0 Å². The highest BCUT2D eigenvalue weighted by molar-refractivity contribution is 7.89. The molecule has 11 heteroatoms. The third-order valence-corrected chi connectivity index (χ3v) is 6.65. The molecular formula is C15H17F3N4O2S2. The smallest absolute Gasteiger partial charge is 0.367 e. The van der Waals surface area contributed by atoms with Gasteiger partial charge in [0, 0.05) is 26.2 Å². The van der Waals surface area contributed by atoms with Crippen molar-refractivity contribution < 1.29 is 21.6 Å². The molecular weight excluding hydrogens is 389 g/mol. The standard InChI is InChI=1S/C15H17F3N4O2S2/c1-19-26(23,24)12-5-3-2-4-11(12)21-6-8-22(9-7-21)14-20-10-13(25-14)15(16,17)18/h2-5,10,19H,6-9H2,1H3. The lowest BCUT2D eigenvalue weighted by Gasteiger charge is -2.36. The van der Waals surface area contributed by atoms with E-state index in [1.807, 2.05) is 4.90 Å². The lowest BCUT2D eigenvalue weighted by molar-refractivity contribution is -0.134. The van der Waals surface area contributed by atoms with Crippen LogP contribution in [0.1, 0.15) is 4.88 Å². The summed E-state index contributed by atoms with van der Waals surface area (Å²) in [4.78, 5) is 7.04. The molecule has 1 saturated heterocycles. The summed E-state index contributed by atoms with van der Waals surface area (Å²) in [6.07, 6.45) is -3.54. The lowest BCUT2D eigenvalue weighted by Crippen LogP contribution is -2.47. The Bertz CT molecular complexity index is 875. The molecule has 6 nitrogen and oxygen atoms in total. The number of alkyl halides is 3. The van der Waals surface area contributed by atoms with Gasteiger partial charge in [-0.3, -0.25) is 0 Å². The average Bonchev–Trinajstić information content (AvgIpc) is 3.12. The van der Waals surface area contributed by atoms with Crippen molar-refractivity contribution in [1.29, 1.82) is 0 Å². The van der Waals surface area contributed by atoms with E-state index < -0.39 is 21.1 Å². The Kier molecular flexibility index (Phi) is 5.13. The van der Waals surface area contributed by atoms with Crippen molar-refractivity contribution in [1.82, 2.24) is 9.71 Å². The summed E-state index contributed by atoms with van der Waals surface area (Å²) < 4.78 is 64.8. The molecule has 0 bridgehead atoms. The second-order valence-electron chi connectivity index (χ2n) is 5.65. The van der Waals surface area contributed by atoms with E-state index >= 15 is 0 Å². The van der Waals surface area contributed by atoms with Crippen LogP contribution in [0.3, 0.4) is 0 Å². The van der Waals surface area contributed by atoms with Crippen molar-refractivity contribution >= 4 is 32.2 Å². The summed E-state index contributed by atoms with van der Waals surface area (Å²) in [5, 5.41) is 0.327. The van der Waals surface area contributed by atoms with Crippen LogP contribution in [0.4, 0.5) is 24.0 Å². The second kappa shape index (κ2) is 7.05. The van der Waals surface area contributed by atoms with Crippen LogP contribution in [0.5, 0.6) is 0 Å². The summed E-state index contributed by atoms with van der Waals surface area (Å²) in [6, 6.07) is 6.67. The van der Waals surface area contributed by atoms with Crippen molar-refractivity contribution in [3.05, 3.63) is 35.3 Å². The molecule has 0 aliphatic carbocycles. The van der Waals surface area contributed by atoms with E-state index in [1.54, 1.807) is 23.1 Å². The van der Waals surface area contributed by atoms with Gasteiger partial charge >= 0.3 is 6.18 Å². The van der Waals surface area contributed by atoms with Gasteiger partial charge in [-0.2, -0.15) is 13.2 Å². The van der Waals surface area contributed by atoms with Gasteiger partial charge in [-0.15, -0.1) is 0 Å². The average molecular weight is 406 g/mol. The van der Waals surface area contributed by atoms with Crippen molar-refractivity contribution in [3.8, 4) is 0 Å². The van der Waals surface area contributed by atoms with E-state index in [-0.39, 0.29) is 4.90 Å².